The lowest BCUT2D eigenvalue weighted by molar-refractivity contribution is -0.163. The Kier molecular flexibility index (Phi) is 13.9. The van der Waals surface area contributed by atoms with Crippen LogP contribution in [0.2, 0.25) is 0 Å². The number of rotatable bonds is 16. The van der Waals surface area contributed by atoms with E-state index in [4.69, 9.17) is 23.8 Å². The van der Waals surface area contributed by atoms with Crippen LogP contribution in [0.1, 0.15) is 99.6 Å². The molecule has 3 N–H and O–H groups in total. The van der Waals surface area contributed by atoms with Crippen LogP contribution >= 0.6 is 11.3 Å². The van der Waals surface area contributed by atoms with Crippen molar-refractivity contribution in [3.05, 3.63) is 94.4 Å². The van der Waals surface area contributed by atoms with Gasteiger partial charge in [0, 0.05) is 17.8 Å². The van der Waals surface area contributed by atoms with Gasteiger partial charge < -0.3 is 29.6 Å². The molecule has 1 heterocycles. The Balaban J connectivity index is 1.11. The zero-order chi connectivity index (χ0) is 38.0. The first-order valence-corrected chi connectivity index (χ1v) is 19.0. The van der Waals surface area contributed by atoms with Crippen molar-refractivity contribution >= 4 is 39.4 Å². The highest BCUT2D eigenvalue weighted by Gasteiger charge is 2.30. The third-order valence-corrected chi connectivity index (χ3v) is 9.40. The normalized spacial score (nSPS) is 14.5. The smallest absolute Gasteiger partial charge is 0.408 e. The van der Waals surface area contributed by atoms with Gasteiger partial charge in [-0.3, -0.25) is 4.79 Å². The van der Waals surface area contributed by atoms with Gasteiger partial charge in [0.1, 0.15) is 23.2 Å². The van der Waals surface area contributed by atoms with Crippen molar-refractivity contribution in [3.8, 4) is 11.5 Å². The summed E-state index contributed by atoms with van der Waals surface area (Å²) in [5.74, 6) is 0.817. The summed E-state index contributed by atoms with van der Waals surface area (Å²) < 4.78 is 23.8. The van der Waals surface area contributed by atoms with Gasteiger partial charge >= 0.3 is 12.1 Å². The lowest BCUT2D eigenvalue weighted by Gasteiger charge is -2.24. The fourth-order valence-corrected chi connectivity index (χ4v) is 6.69. The molecule has 1 saturated carbocycles. The predicted octanol–water partition coefficient (Wildman–Crippen LogP) is 8.72. The van der Waals surface area contributed by atoms with E-state index < -0.39 is 30.0 Å². The third-order valence-electron chi connectivity index (χ3n) is 8.30. The summed E-state index contributed by atoms with van der Waals surface area (Å²) in [4.78, 5) is 44.3. The highest BCUT2D eigenvalue weighted by Crippen LogP contribution is 2.29. The van der Waals surface area contributed by atoms with Crippen LogP contribution in [0.25, 0.3) is 10.1 Å². The summed E-state index contributed by atoms with van der Waals surface area (Å²) >= 11 is 1.42. The number of carbonyl (C=O) groups excluding carboxylic acids is 3. The SMILES string of the molecule is CC(C)CO[C@H](C)ONC(=O)c1cc2ccc(CNCc3ccc(Oc4ccc(C(NC(=O)OC(C)(C)C)C(=O)OC5CCCC5)cc4)cc3)cc2s1. The van der Waals surface area contributed by atoms with Gasteiger partial charge in [-0.05, 0) is 118 Å². The first-order chi connectivity index (χ1) is 25.3. The quantitative estimate of drug-likeness (QED) is 0.0585. The van der Waals surface area contributed by atoms with Gasteiger partial charge in [-0.15, -0.1) is 11.3 Å². The molecule has 2 atom stereocenters. The standard InChI is InChI=1S/C41H51N3O8S/c1-26(2)25-48-27(3)52-44-38(45)36-22-31-14-11-29(21-35(31)53-36)24-42-23-28-12-17-33(18-13-28)49-34-19-15-30(16-20-34)37(43-40(47)51-41(4,5)6)39(46)50-32-9-7-8-10-32/h11-22,26-27,32,37,42H,7-10,23-25H2,1-6H3,(H,43,47)(H,44,45)/t27-,37?/m0/s1. The van der Waals surface area contributed by atoms with Crippen molar-refractivity contribution in [1.29, 1.82) is 0 Å². The molecular formula is C41H51N3O8S. The van der Waals surface area contributed by atoms with Crippen LogP contribution in [-0.2, 0) is 36.9 Å². The van der Waals surface area contributed by atoms with Gasteiger partial charge in [0.05, 0.1) is 11.5 Å². The second-order valence-electron chi connectivity index (χ2n) is 14.7. The molecule has 284 valence electrons. The molecule has 0 spiro atoms. The van der Waals surface area contributed by atoms with Gasteiger partial charge in [0.25, 0.3) is 5.91 Å². The number of benzene rings is 3. The van der Waals surface area contributed by atoms with Crippen molar-refractivity contribution in [2.45, 2.75) is 104 Å². The molecule has 1 fully saturated rings. The average molecular weight is 746 g/mol. The number of esters is 1. The van der Waals surface area contributed by atoms with Gasteiger partial charge in [0.2, 0.25) is 0 Å². The van der Waals surface area contributed by atoms with Crippen molar-refractivity contribution in [2.24, 2.45) is 5.92 Å². The molecule has 1 unspecified atom stereocenters. The minimum atomic E-state index is -1.01. The maximum atomic E-state index is 13.2. The minimum Gasteiger partial charge on any atom is -0.461 e. The second-order valence-corrected chi connectivity index (χ2v) is 15.8. The second kappa shape index (κ2) is 18.5. The molecule has 0 bridgehead atoms. The number of hydrogen-bond donors (Lipinski definition) is 3. The molecule has 2 amide bonds. The summed E-state index contributed by atoms with van der Waals surface area (Å²) in [6.07, 6.45) is 2.34. The lowest BCUT2D eigenvalue weighted by Crippen LogP contribution is -2.39. The van der Waals surface area contributed by atoms with Crippen molar-refractivity contribution < 1.29 is 38.2 Å². The Labute approximate surface area is 315 Å². The van der Waals surface area contributed by atoms with Gasteiger partial charge in [-0.25, -0.2) is 19.9 Å². The average Bonchev–Trinajstić information content (AvgIpc) is 3.79. The van der Waals surface area contributed by atoms with Crippen LogP contribution in [0, 0.1) is 5.92 Å². The fourth-order valence-electron chi connectivity index (χ4n) is 5.68. The maximum Gasteiger partial charge on any atom is 0.408 e. The van der Waals surface area contributed by atoms with Crippen LogP contribution in [0.3, 0.4) is 0 Å². The number of hydrogen-bond acceptors (Lipinski definition) is 10. The number of hydroxylamine groups is 1. The molecule has 1 aliphatic rings. The van der Waals surface area contributed by atoms with Crippen LogP contribution in [0.4, 0.5) is 4.79 Å². The summed E-state index contributed by atoms with van der Waals surface area (Å²) in [6.45, 7) is 13.0. The number of carbonyl (C=O) groups is 3. The highest BCUT2D eigenvalue weighted by molar-refractivity contribution is 7.20. The van der Waals surface area contributed by atoms with E-state index in [0.29, 0.717) is 47.6 Å². The molecule has 1 aromatic heterocycles. The Bertz CT molecular complexity index is 1810. The van der Waals surface area contributed by atoms with Gasteiger partial charge in [0.15, 0.2) is 12.3 Å². The van der Waals surface area contributed by atoms with Crippen molar-refractivity contribution in [1.82, 2.24) is 16.1 Å². The van der Waals surface area contributed by atoms with Crippen molar-refractivity contribution in [2.75, 3.05) is 6.61 Å². The van der Waals surface area contributed by atoms with E-state index in [1.165, 1.54) is 11.3 Å². The Morgan fingerprint density at radius 1 is 0.849 bits per heavy atom. The molecule has 0 radical (unpaired) electrons. The van der Waals surface area contributed by atoms with E-state index in [0.717, 1.165) is 46.9 Å². The molecule has 0 saturated heterocycles. The maximum absolute atomic E-state index is 13.2. The Hall–Kier alpha value is -4.49. The van der Waals surface area contributed by atoms with Crippen molar-refractivity contribution in [3.63, 3.8) is 0 Å². The third kappa shape index (κ3) is 12.6. The molecule has 1 aliphatic carbocycles. The topological polar surface area (TPSA) is 133 Å². The number of alkyl carbamates (subject to hydrolysis) is 1. The minimum absolute atomic E-state index is 0.137. The number of fused-ring (bicyclic) bond motifs is 1. The van der Waals surface area contributed by atoms with Crippen LogP contribution in [0.15, 0.2) is 72.8 Å². The zero-order valence-corrected chi connectivity index (χ0v) is 32.2. The van der Waals surface area contributed by atoms with E-state index in [1.807, 2.05) is 36.4 Å². The molecule has 4 aromatic rings. The molecule has 12 heteroatoms. The van der Waals surface area contributed by atoms with Gasteiger partial charge in [-0.2, -0.15) is 0 Å². The highest BCUT2D eigenvalue weighted by atomic mass is 32.1. The summed E-state index contributed by atoms with van der Waals surface area (Å²) in [5, 5.41) is 7.17. The fraction of sp³-hybridized carbons (Fsp3) is 0.439. The molecule has 3 aromatic carbocycles. The van der Waals surface area contributed by atoms with E-state index in [1.54, 1.807) is 52.0 Å². The van der Waals surface area contributed by atoms with Gasteiger partial charge in [-0.1, -0.05) is 50.2 Å². The van der Waals surface area contributed by atoms with Crippen LogP contribution in [0.5, 0.6) is 11.5 Å². The number of nitrogens with one attached hydrogen (secondary N) is 3. The summed E-state index contributed by atoms with van der Waals surface area (Å²) in [6, 6.07) is 21.8. The molecule has 53 heavy (non-hydrogen) atoms. The van der Waals surface area contributed by atoms with E-state index >= 15 is 0 Å². The zero-order valence-electron chi connectivity index (χ0n) is 31.4. The predicted molar refractivity (Wildman–Crippen MR) is 205 cm³/mol. The first-order valence-electron chi connectivity index (χ1n) is 18.2. The van der Waals surface area contributed by atoms with Crippen LogP contribution in [-0.4, -0.2) is 42.6 Å². The number of thiophene rings is 1. The Morgan fingerprint density at radius 3 is 2.15 bits per heavy atom. The molecule has 11 nitrogen and oxygen atoms in total. The van der Waals surface area contributed by atoms with Crippen LogP contribution < -0.4 is 20.9 Å². The summed E-state index contributed by atoms with van der Waals surface area (Å²) in [5.41, 5.74) is 4.55. The number of amides is 2. The van der Waals surface area contributed by atoms with E-state index in [9.17, 15) is 14.4 Å². The molecular weight excluding hydrogens is 695 g/mol. The number of ether oxygens (including phenoxy) is 4. The van der Waals surface area contributed by atoms with E-state index in [-0.39, 0.29) is 12.0 Å². The van der Waals surface area contributed by atoms with E-state index in [2.05, 4.69) is 42.1 Å². The summed E-state index contributed by atoms with van der Waals surface area (Å²) in [7, 11) is 0. The molecule has 0 aliphatic heterocycles. The molecule has 5 rings (SSSR count). The lowest BCUT2D eigenvalue weighted by atomic mass is 10.1. The monoisotopic (exact) mass is 745 g/mol. The largest absolute Gasteiger partial charge is 0.461 e. The Morgan fingerprint density at radius 2 is 1.49 bits per heavy atom. The first kappa shape index (κ1) is 39.7.